The maximum Gasteiger partial charge on any atom is 0.267 e. The van der Waals surface area contributed by atoms with E-state index < -0.39 is 17.9 Å². The van der Waals surface area contributed by atoms with Crippen molar-refractivity contribution in [1.29, 1.82) is 0 Å². The summed E-state index contributed by atoms with van der Waals surface area (Å²) in [6.07, 6.45) is 1.63. The van der Waals surface area contributed by atoms with Crippen LogP contribution < -0.4 is 21.8 Å². The Morgan fingerprint density at radius 1 is 1.00 bits per heavy atom. The van der Waals surface area contributed by atoms with E-state index in [1.54, 1.807) is 53.0 Å². The molecule has 0 saturated heterocycles. The van der Waals surface area contributed by atoms with Gasteiger partial charge in [-0.25, -0.2) is 10.5 Å². The van der Waals surface area contributed by atoms with Crippen LogP contribution in [0.5, 0.6) is 0 Å². The van der Waals surface area contributed by atoms with Crippen LogP contribution in [0, 0.1) is 11.8 Å². The molecular weight excluding hydrogens is 406 g/mol. The van der Waals surface area contributed by atoms with Crippen LogP contribution in [0.2, 0.25) is 0 Å². The molecule has 2 amide bonds. The minimum atomic E-state index is -0.794. The van der Waals surface area contributed by atoms with Gasteiger partial charge in [0.1, 0.15) is 11.9 Å². The molecule has 3 rings (SSSR count). The molecule has 1 heterocycles. The minimum absolute atomic E-state index is 0.00106. The second kappa shape index (κ2) is 10.7. The number of aromatic nitrogens is 1. The zero-order valence-corrected chi connectivity index (χ0v) is 17.2. The van der Waals surface area contributed by atoms with Gasteiger partial charge in [-0.1, -0.05) is 30.0 Å². The minimum Gasteiger partial charge on any atom is -0.366 e. The van der Waals surface area contributed by atoms with Crippen LogP contribution in [-0.4, -0.2) is 34.6 Å². The average molecular weight is 429 g/mol. The number of nitrogens with one attached hydrogen (secondary N) is 1. The van der Waals surface area contributed by atoms with Crippen molar-refractivity contribution in [2.24, 2.45) is 11.5 Å². The Bertz CT molecular complexity index is 1120. The lowest BCUT2D eigenvalue weighted by Crippen LogP contribution is -2.50. The van der Waals surface area contributed by atoms with E-state index in [0.717, 1.165) is 16.7 Å². The number of nitrogens with zero attached hydrogens (tertiary/aromatic N) is 2. The molecule has 0 aliphatic heterocycles. The van der Waals surface area contributed by atoms with Gasteiger partial charge >= 0.3 is 0 Å². The smallest absolute Gasteiger partial charge is 0.267 e. The number of primary amides is 1. The first-order chi connectivity index (χ1) is 15.5. The third-order valence-corrected chi connectivity index (χ3v) is 4.78. The van der Waals surface area contributed by atoms with Gasteiger partial charge in [0.15, 0.2) is 0 Å². The van der Waals surface area contributed by atoms with Crippen molar-refractivity contribution in [3.63, 3.8) is 0 Å². The van der Waals surface area contributed by atoms with Crippen LogP contribution in [0.25, 0.3) is 0 Å². The highest BCUT2D eigenvalue weighted by Crippen LogP contribution is 2.18. The molecule has 0 fully saturated rings. The number of hydrogen-bond donors (Lipinski definition) is 4. The van der Waals surface area contributed by atoms with Gasteiger partial charge in [-0.2, -0.15) is 0 Å². The first kappa shape index (κ1) is 22.5. The number of rotatable bonds is 7. The maximum atomic E-state index is 12.1. The molecule has 1 atom stereocenters. The summed E-state index contributed by atoms with van der Waals surface area (Å²) in [5.74, 6) is 5.59. The summed E-state index contributed by atoms with van der Waals surface area (Å²) in [6.45, 7) is 0.357. The van der Waals surface area contributed by atoms with Gasteiger partial charge in [0.05, 0.1) is 0 Å². The van der Waals surface area contributed by atoms with Crippen molar-refractivity contribution in [2.45, 2.75) is 12.6 Å². The molecule has 8 heteroatoms. The lowest BCUT2D eigenvalue weighted by molar-refractivity contribution is -0.130. The molecule has 162 valence electrons. The van der Waals surface area contributed by atoms with E-state index in [9.17, 15) is 9.59 Å². The molecule has 2 aromatic carbocycles. The molecule has 3 aromatic rings. The van der Waals surface area contributed by atoms with Crippen LogP contribution >= 0.6 is 0 Å². The Labute approximate surface area is 185 Å². The monoisotopic (exact) mass is 429 g/mol. The van der Waals surface area contributed by atoms with E-state index in [1.165, 1.54) is 0 Å². The van der Waals surface area contributed by atoms with Gasteiger partial charge in [-0.05, 0) is 54.1 Å². The van der Waals surface area contributed by atoms with Gasteiger partial charge in [-0.15, -0.1) is 0 Å². The molecule has 0 unspecified atom stereocenters. The van der Waals surface area contributed by atoms with Crippen LogP contribution in [0.4, 0.5) is 5.82 Å². The molecule has 0 spiro atoms. The normalized spacial score (nSPS) is 11.1. The SMILES string of the molecule is NC[C@@H](C(=O)NO)N(Cc1ccc(C#Cc2ccc(C(N)=O)cc2)cc1)c1ccccn1. The lowest BCUT2D eigenvalue weighted by Gasteiger charge is -2.30. The van der Waals surface area contributed by atoms with Gasteiger partial charge in [0, 0.05) is 36.0 Å². The Morgan fingerprint density at radius 2 is 1.62 bits per heavy atom. The fourth-order valence-corrected chi connectivity index (χ4v) is 3.08. The summed E-state index contributed by atoms with van der Waals surface area (Å²) < 4.78 is 0. The number of carbonyl (C=O) groups is 2. The molecule has 6 N–H and O–H groups in total. The molecule has 1 aromatic heterocycles. The van der Waals surface area contributed by atoms with E-state index in [2.05, 4.69) is 16.8 Å². The van der Waals surface area contributed by atoms with Gasteiger partial charge in [0.2, 0.25) is 5.91 Å². The third kappa shape index (κ3) is 5.70. The molecule has 0 radical (unpaired) electrons. The maximum absolute atomic E-state index is 12.1. The number of carbonyl (C=O) groups excluding carboxylic acids is 2. The Hall–Kier alpha value is -4.19. The number of benzene rings is 2. The van der Waals surface area contributed by atoms with Gasteiger partial charge < -0.3 is 16.4 Å². The lowest BCUT2D eigenvalue weighted by atomic mass is 10.1. The Balaban J connectivity index is 1.78. The predicted molar refractivity (Wildman–Crippen MR) is 121 cm³/mol. The molecule has 0 bridgehead atoms. The predicted octanol–water partition coefficient (Wildman–Crippen LogP) is 1.42. The van der Waals surface area contributed by atoms with Crippen molar-refractivity contribution in [3.05, 3.63) is 95.2 Å². The number of amides is 2. The fraction of sp³-hybridized carbons (Fsp3) is 0.125. The highest BCUT2D eigenvalue weighted by Gasteiger charge is 2.25. The summed E-state index contributed by atoms with van der Waals surface area (Å²) >= 11 is 0. The van der Waals surface area contributed by atoms with Gasteiger partial charge in [-0.3, -0.25) is 14.8 Å². The summed E-state index contributed by atoms with van der Waals surface area (Å²) in [4.78, 5) is 29.3. The zero-order chi connectivity index (χ0) is 22.9. The summed E-state index contributed by atoms with van der Waals surface area (Å²) in [6, 6.07) is 18.9. The van der Waals surface area contributed by atoms with Crippen molar-refractivity contribution in [3.8, 4) is 11.8 Å². The second-order valence-electron chi connectivity index (χ2n) is 6.93. The van der Waals surface area contributed by atoms with Crippen LogP contribution in [-0.2, 0) is 11.3 Å². The molecule has 32 heavy (non-hydrogen) atoms. The number of nitrogens with two attached hydrogens (primary N) is 2. The summed E-state index contributed by atoms with van der Waals surface area (Å²) in [7, 11) is 0. The van der Waals surface area contributed by atoms with E-state index in [-0.39, 0.29) is 6.54 Å². The van der Waals surface area contributed by atoms with E-state index in [0.29, 0.717) is 17.9 Å². The Morgan fingerprint density at radius 3 is 2.12 bits per heavy atom. The molecule has 0 aliphatic rings. The van der Waals surface area contributed by atoms with Crippen molar-refractivity contribution in [1.82, 2.24) is 10.5 Å². The number of pyridine rings is 1. The highest BCUT2D eigenvalue weighted by atomic mass is 16.5. The van der Waals surface area contributed by atoms with E-state index in [4.69, 9.17) is 16.7 Å². The van der Waals surface area contributed by atoms with Crippen LogP contribution in [0.3, 0.4) is 0 Å². The molecule has 0 aliphatic carbocycles. The average Bonchev–Trinajstić information content (AvgIpc) is 2.84. The number of hydrogen-bond acceptors (Lipinski definition) is 6. The van der Waals surface area contributed by atoms with Crippen molar-refractivity contribution in [2.75, 3.05) is 11.4 Å². The first-order valence-electron chi connectivity index (χ1n) is 9.84. The largest absolute Gasteiger partial charge is 0.366 e. The van der Waals surface area contributed by atoms with Crippen LogP contribution in [0.15, 0.2) is 72.9 Å². The van der Waals surface area contributed by atoms with Crippen LogP contribution in [0.1, 0.15) is 27.0 Å². The fourth-order valence-electron chi connectivity index (χ4n) is 3.08. The zero-order valence-electron chi connectivity index (χ0n) is 17.2. The van der Waals surface area contributed by atoms with E-state index in [1.807, 2.05) is 30.3 Å². The molecule has 0 saturated carbocycles. The number of anilines is 1. The quantitative estimate of drug-likeness (QED) is 0.255. The Kier molecular flexibility index (Phi) is 7.54. The third-order valence-electron chi connectivity index (χ3n) is 4.78. The molecule has 8 nitrogen and oxygen atoms in total. The standard InChI is InChI=1S/C24H23N5O3/c25-15-21(24(31)28-32)29(22-3-1-2-14-27-22)16-19-8-6-17(7-9-19)4-5-18-10-12-20(13-11-18)23(26)30/h1-3,6-14,21,32H,15-16,25H2,(H2,26,30)(H,28,31)/t21-/m0/s1. The van der Waals surface area contributed by atoms with Crippen molar-refractivity contribution < 1.29 is 14.8 Å². The van der Waals surface area contributed by atoms with Gasteiger partial charge in [0.25, 0.3) is 5.91 Å². The van der Waals surface area contributed by atoms with Crippen molar-refractivity contribution >= 4 is 17.6 Å². The van der Waals surface area contributed by atoms with E-state index >= 15 is 0 Å². The highest BCUT2D eigenvalue weighted by molar-refractivity contribution is 5.92. The summed E-state index contributed by atoms with van der Waals surface area (Å²) in [5.41, 5.74) is 15.6. The molecular formula is C24H23N5O3. The topological polar surface area (TPSA) is 135 Å². The second-order valence-corrected chi connectivity index (χ2v) is 6.93. The first-order valence-corrected chi connectivity index (χ1v) is 9.84. The number of hydroxylamine groups is 1. The summed E-state index contributed by atoms with van der Waals surface area (Å²) in [5, 5.41) is 9.09.